The second kappa shape index (κ2) is 5.28. The van der Waals surface area contributed by atoms with E-state index in [2.05, 4.69) is 22.5 Å². The average molecular weight is 211 g/mol. The highest BCUT2D eigenvalue weighted by atomic mass is 15.1. The molecule has 0 spiro atoms. The smallest absolute Gasteiger partial charge is 0.0289 e. The van der Waals surface area contributed by atoms with E-state index in [4.69, 9.17) is 0 Å². The molecule has 0 aromatic heterocycles. The summed E-state index contributed by atoms with van der Waals surface area (Å²) in [5.74, 6) is 0. The SMILES string of the molecule is CC1(NCCCN2CCCC2)CCNC1. The zero-order valence-corrected chi connectivity index (χ0v) is 10.0. The van der Waals surface area contributed by atoms with Gasteiger partial charge in [-0.25, -0.2) is 0 Å². The van der Waals surface area contributed by atoms with Crippen LogP contribution in [0.1, 0.15) is 32.6 Å². The Labute approximate surface area is 93.6 Å². The Bertz CT molecular complexity index is 181. The van der Waals surface area contributed by atoms with Crippen LogP contribution in [0.2, 0.25) is 0 Å². The molecule has 88 valence electrons. The maximum Gasteiger partial charge on any atom is 0.0289 e. The van der Waals surface area contributed by atoms with Gasteiger partial charge in [-0.2, -0.15) is 0 Å². The van der Waals surface area contributed by atoms with Gasteiger partial charge in [-0.05, 0) is 65.3 Å². The summed E-state index contributed by atoms with van der Waals surface area (Å²) in [6, 6.07) is 0. The van der Waals surface area contributed by atoms with Gasteiger partial charge in [0.1, 0.15) is 0 Å². The molecule has 2 N–H and O–H groups in total. The molecule has 1 atom stereocenters. The molecule has 2 aliphatic rings. The second-order valence-electron chi connectivity index (χ2n) is 5.32. The standard InChI is InChI=1S/C12H25N3/c1-12(5-7-13-11-12)14-6-4-10-15-8-2-3-9-15/h13-14H,2-11H2,1H3. The quantitative estimate of drug-likeness (QED) is 0.659. The van der Waals surface area contributed by atoms with E-state index in [0.717, 1.165) is 6.54 Å². The monoisotopic (exact) mass is 211 g/mol. The average Bonchev–Trinajstić information content (AvgIpc) is 2.84. The van der Waals surface area contributed by atoms with Crippen LogP contribution in [0.15, 0.2) is 0 Å². The zero-order chi connectivity index (χ0) is 10.6. The maximum atomic E-state index is 3.69. The van der Waals surface area contributed by atoms with Crippen LogP contribution in [0.25, 0.3) is 0 Å². The number of nitrogens with zero attached hydrogens (tertiary/aromatic N) is 1. The van der Waals surface area contributed by atoms with E-state index < -0.39 is 0 Å². The molecule has 1 unspecified atom stereocenters. The topological polar surface area (TPSA) is 27.3 Å². The van der Waals surface area contributed by atoms with Gasteiger partial charge in [0.2, 0.25) is 0 Å². The summed E-state index contributed by atoms with van der Waals surface area (Å²) in [7, 11) is 0. The van der Waals surface area contributed by atoms with Gasteiger partial charge in [-0.15, -0.1) is 0 Å². The Morgan fingerprint density at radius 3 is 2.80 bits per heavy atom. The highest BCUT2D eigenvalue weighted by Gasteiger charge is 2.27. The number of nitrogens with one attached hydrogen (secondary N) is 2. The summed E-state index contributed by atoms with van der Waals surface area (Å²) in [5, 5.41) is 7.11. The van der Waals surface area contributed by atoms with Crippen LogP contribution < -0.4 is 10.6 Å². The first-order valence-corrected chi connectivity index (χ1v) is 6.47. The van der Waals surface area contributed by atoms with Crippen molar-refractivity contribution >= 4 is 0 Å². The van der Waals surface area contributed by atoms with E-state index in [1.54, 1.807) is 0 Å². The number of rotatable bonds is 5. The molecular formula is C12H25N3. The Morgan fingerprint density at radius 1 is 1.33 bits per heavy atom. The summed E-state index contributed by atoms with van der Waals surface area (Å²) in [5.41, 5.74) is 0.366. The van der Waals surface area contributed by atoms with Crippen LogP contribution in [0.4, 0.5) is 0 Å². The third-order valence-electron chi connectivity index (χ3n) is 3.77. The van der Waals surface area contributed by atoms with Crippen LogP contribution in [0, 0.1) is 0 Å². The highest BCUT2D eigenvalue weighted by Crippen LogP contribution is 2.13. The first-order chi connectivity index (χ1) is 7.29. The van der Waals surface area contributed by atoms with Gasteiger partial charge in [0.05, 0.1) is 0 Å². The molecule has 0 radical (unpaired) electrons. The third-order valence-corrected chi connectivity index (χ3v) is 3.77. The first kappa shape index (κ1) is 11.4. The molecule has 0 amide bonds. The fraction of sp³-hybridized carbons (Fsp3) is 1.00. The van der Waals surface area contributed by atoms with Gasteiger partial charge in [0.25, 0.3) is 0 Å². The van der Waals surface area contributed by atoms with Crippen molar-refractivity contribution in [2.75, 3.05) is 39.3 Å². The molecule has 2 aliphatic heterocycles. The Hall–Kier alpha value is -0.120. The van der Waals surface area contributed by atoms with E-state index >= 15 is 0 Å². The molecule has 0 aliphatic carbocycles. The van der Waals surface area contributed by atoms with Gasteiger partial charge in [-0.3, -0.25) is 0 Å². The van der Waals surface area contributed by atoms with Gasteiger partial charge < -0.3 is 15.5 Å². The number of likely N-dealkylation sites (tertiary alicyclic amines) is 1. The van der Waals surface area contributed by atoms with Crippen molar-refractivity contribution in [1.29, 1.82) is 0 Å². The van der Waals surface area contributed by atoms with Crippen LogP contribution in [0.5, 0.6) is 0 Å². The van der Waals surface area contributed by atoms with E-state index in [1.165, 1.54) is 58.4 Å². The summed E-state index contributed by atoms with van der Waals surface area (Å²) < 4.78 is 0. The van der Waals surface area contributed by atoms with E-state index in [-0.39, 0.29) is 0 Å². The van der Waals surface area contributed by atoms with Crippen molar-refractivity contribution in [3.05, 3.63) is 0 Å². The zero-order valence-electron chi connectivity index (χ0n) is 10.0. The molecule has 15 heavy (non-hydrogen) atoms. The fourth-order valence-corrected chi connectivity index (χ4v) is 2.67. The van der Waals surface area contributed by atoms with Gasteiger partial charge in [0, 0.05) is 12.1 Å². The van der Waals surface area contributed by atoms with E-state index in [9.17, 15) is 0 Å². The molecular weight excluding hydrogens is 186 g/mol. The number of hydrogen-bond acceptors (Lipinski definition) is 3. The van der Waals surface area contributed by atoms with E-state index in [0.29, 0.717) is 5.54 Å². The molecule has 2 saturated heterocycles. The van der Waals surface area contributed by atoms with Crippen LogP contribution in [0.3, 0.4) is 0 Å². The Morgan fingerprint density at radius 2 is 2.13 bits per heavy atom. The summed E-state index contributed by atoms with van der Waals surface area (Å²) in [6.07, 6.45) is 5.40. The normalized spacial score (nSPS) is 32.6. The van der Waals surface area contributed by atoms with E-state index in [1.807, 2.05) is 0 Å². The molecule has 2 heterocycles. The molecule has 0 aromatic rings. The molecule has 3 heteroatoms. The first-order valence-electron chi connectivity index (χ1n) is 6.47. The molecule has 2 fully saturated rings. The minimum Gasteiger partial charge on any atom is -0.315 e. The van der Waals surface area contributed by atoms with Crippen molar-refractivity contribution in [2.24, 2.45) is 0 Å². The van der Waals surface area contributed by atoms with Crippen LogP contribution >= 0.6 is 0 Å². The molecule has 0 aromatic carbocycles. The van der Waals surface area contributed by atoms with Gasteiger partial charge in [0.15, 0.2) is 0 Å². The molecule has 3 nitrogen and oxygen atoms in total. The summed E-state index contributed by atoms with van der Waals surface area (Å²) >= 11 is 0. The fourth-order valence-electron chi connectivity index (χ4n) is 2.67. The third kappa shape index (κ3) is 3.44. The van der Waals surface area contributed by atoms with Crippen molar-refractivity contribution in [1.82, 2.24) is 15.5 Å². The second-order valence-corrected chi connectivity index (χ2v) is 5.32. The number of hydrogen-bond donors (Lipinski definition) is 2. The van der Waals surface area contributed by atoms with Crippen molar-refractivity contribution < 1.29 is 0 Å². The lowest BCUT2D eigenvalue weighted by Gasteiger charge is -2.25. The molecule has 2 rings (SSSR count). The van der Waals surface area contributed by atoms with Crippen molar-refractivity contribution in [3.63, 3.8) is 0 Å². The lowest BCUT2D eigenvalue weighted by Crippen LogP contribution is -2.45. The van der Waals surface area contributed by atoms with Gasteiger partial charge in [-0.1, -0.05) is 0 Å². The highest BCUT2D eigenvalue weighted by molar-refractivity contribution is 4.91. The van der Waals surface area contributed by atoms with Crippen molar-refractivity contribution in [3.8, 4) is 0 Å². The summed E-state index contributed by atoms with van der Waals surface area (Å²) in [4.78, 5) is 2.59. The van der Waals surface area contributed by atoms with Crippen LogP contribution in [-0.2, 0) is 0 Å². The minimum absolute atomic E-state index is 0.366. The predicted molar refractivity (Wildman–Crippen MR) is 64.2 cm³/mol. The predicted octanol–water partition coefficient (Wildman–Crippen LogP) is 0.814. The summed E-state index contributed by atoms with van der Waals surface area (Å²) in [6.45, 7) is 9.78. The molecule has 0 bridgehead atoms. The minimum atomic E-state index is 0.366. The largest absolute Gasteiger partial charge is 0.315 e. The van der Waals surface area contributed by atoms with Crippen LogP contribution in [-0.4, -0.2) is 49.7 Å². The molecule has 0 saturated carbocycles. The van der Waals surface area contributed by atoms with Gasteiger partial charge >= 0.3 is 0 Å². The lowest BCUT2D eigenvalue weighted by molar-refractivity contribution is 0.314. The lowest BCUT2D eigenvalue weighted by atomic mass is 10.0. The maximum absolute atomic E-state index is 3.69. The van der Waals surface area contributed by atoms with Crippen molar-refractivity contribution in [2.45, 2.75) is 38.1 Å². The Kier molecular flexibility index (Phi) is 4.00. The Balaban J connectivity index is 1.54.